The molecule has 1 fully saturated rings. The van der Waals surface area contributed by atoms with Gasteiger partial charge in [0, 0.05) is 24.5 Å². The van der Waals surface area contributed by atoms with Crippen molar-refractivity contribution in [1.29, 1.82) is 0 Å². The highest BCUT2D eigenvalue weighted by atomic mass is 16.5. The molecule has 47 heavy (non-hydrogen) atoms. The number of aromatic nitrogens is 3. The number of phenolic OH excluding ortho intramolecular Hbond substituents is 1. The fraction of sp³-hybridized carbons (Fsp3) is 0.243. The van der Waals surface area contributed by atoms with E-state index in [0.717, 1.165) is 10.1 Å². The van der Waals surface area contributed by atoms with Crippen LogP contribution in [0, 0.1) is 11.8 Å². The van der Waals surface area contributed by atoms with Crippen molar-refractivity contribution in [1.82, 2.24) is 13.9 Å². The lowest BCUT2D eigenvalue weighted by Gasteiger charge is -2.53. The molecule has 4 aromatic rings. The molecule has 4 atom stereocenters. The summed E-state index contributed by atoms with van der Waals surface area (Å²) >= 11 is 0. The van der Waals surface area contributed by atoms with Gasteiger partial charge < -0.3 is 14.6 Å². The smallest absolute Gasteiger partial charge is 0.347 e. The molecular weight excluding hydrogens is 598 g/mol. The van der Waals surface area contributed by atoms with Gasteiger partial charge in [0.2, 0.25) is 5.75 Å². The van der Waals surface area contributed by atoms with Crippen LogP contribution in [0.5, 0.6) is 17.2 Å². The van der Waals surface area contributed by atoms with Gasteiger partial charge in [-0.3, -0.25) is 9.59 Å². The number of ether oxygens (including phenoxy) is 2. The molecule has 1 aliphatic heterocycles. The summed E-state index contributed by atoms with van der Waals surface area (Å²) in [7, 11) is 4.32. The predicted molar refractivity (Wildman–Crippen MR) is 175 cm³/mol. The summed E-state index contributed by atoms with van der Waals surface area (Å²) in [5.74, 6) is -1.71. The standard InChI is InChI=1S/C37H33N3O7/c1-38-35(44)39-17-16-25-27(15-14-22-18-30(46-2)34(43)31(19-22)47-3)37(24-12-8-5-9-13-24)28(21-29(25)40(39)36(38)45)33(42)26(20-32(37)41)23-10-6-4-7-11-23/h4-16,18-20,27-29,43H,17,21H2,1-3H3/t27-,28-,29+,37-/m0/s1. The third kappa shape index (κ3) is 4.39. The average molecular weight is 632 g/mol. The zero-order valence-electron chi connectivity index (χ0n) is 26.1. The van der Waals surface area contributed by atoms with E-state index < -0.39 is 34.7 Å². The van der Waals surface area contributed by atoms with E-state index in [1.807, 2.05) is 78.9 Å². The van der Waals surface area contributed by atoms with Gasteiger partial charge in [0.25, 0.3) is 0 Å². The molecule has 1 saturated carbocycles. The Bertz CT molecular complexity index is 2110. The molecule has 0 unspecified atom stereocenters. The Labute approximate surface area is 270 Å². The number of allylic oxidation sites excluding steroid dienone is 5. The second-order valence-electron chi connectivity index (χ2n) is 12.1. The van der Waals surface area contributed by atoms with E-state index in [1.165, 1.54) is 36.7 Å². The third-order valence-electron chi connectivity index (χ3n) is 9.87. The minimum Gasteiger partial charge on any atom is -0.502 e. The quantitative estimate of drug-likeness (QED) is 0.319. The Balaban J connectivity index is 1.50. The highest BCUT2D eigenvalue weighted by molar-refractivity contribution is 6.31. The molecule has 0 radical (unpaired) electrons. The largest absolute Gasteiger partial charge is 0.502 e. The van der Waals surface area contributed by atoms with Gasteiger partial charge in [0.15, 0.2) is 23.1 Å². The van der Waals surface area contributed by atoms with Gasteiger partial charge in [-0.15, -0.1) is 0 Å². The van der Waals surface area contributed by atoms with E-state index in [4.69, 9.17) is 9.47 Å². The van der Waals surface area contributed by atoms with Crippen LogP contribution in [-0.4, -0.2) is 44.8 Å². The van der Waals surface area contributed by atoms with Crippen molar-refractivity contribution in [2.45, 2.75) is 24.4 Å². The van der Waals surface area contributed by atoms with Crippen LogP contribution in [0.1, 0.15) is 29.2 Å². The maximum atomic E-state index is 14.9. The van der Waals surface area contributed by atoms with Gasteiger partial charge >= 0.3 is 11.4 Å². The number of nitrogens with zero attached hydrogens (tertiary/aromatic N) is 3. The zero-order chi connectivity index (χ0) is 33.0. The minimum atomic E-state index is -1.35. The fourth-order valence-corrected chi connectivity index (χ4v) is 7.71. The van der Waals surface area contributed by atoms with Gasteiger partial charge in [-0.25, -0.2) is 23.5 Å². The van der Waals surface area contributed by atoms with Crippen molar-refractivity contribution in [3.05, 3.63) is 134 Å². The monoisotopic (exact) mass is 631 g/mol. The number of Topliss-reactive ketones (excluding diaryl/α,β-unsaturated/α-hetero) is 1. The molecule has 2 heterocycles. The molecule has 3 aromatic carbocycles. The van der Waals surface area contributed by atoms with Crippen molar-refractivity contribution in [3.63, 3.8) is 0 Å². The van der Waals surface area contributed by atoms with Crippen molar-refractivity contribution in [3.8, 4) is 17.2 Å². The van der Waals surface area contributed by atoms with Crippen LogP contribution in [-0.2, 0) is 28.6 Å². The van der Waals surface area contributed by atoms with Crippen LogP contribution in [0.2, 0.25) is 0 Å². The molecule has 10 heteroatoms. The molecule has 1 N–H and O–H groups in total. The first-order valence-corrected chi connectivity index (χ1v) is 15.3. The number of methoxy groups -OCH3 is 2. The van der Waals surface area contributed by atoms with Crippen molar-refractivity contribution in [2.75, 3.05) is 14.2 Å². The number of carbonyl (C=O) groups excluding carboxylic acids is 2. The van der Waals surface area contributed by atoms with Crippen LogP contribution in [0.3, 0.4) is 0 Å². The highest BCUT2D eigenvalue weighted by Gasteiger charge is 2.62. The first-order valence-electron chi connectivity index (χ1n) is 15.3. The number of aromatic hydroxyl groups is 1. The lowest BCUT2D eigenvalue weighted by atomic mass is 9.49. The normalized spacial score (nSPS) is 23.4. The molecule has 10 nitrogen and oxygen atoms in total. The summed E-state index contributed by atoms with van der Waals surface area (Å²) in [6.07, 6.45) is 7.22. The van der Waals surface area contributed by atoms with Crippen LogP contribution >= 0.6 is 0 Å². The molecule has 7 rings (SSSR count). The Kier molecular flexibility index (Phi) is 7.23. The van der Waals surface area contributed by atoms with Crippen molar-refractivity contribution < 1.29 is 24.2 Å². The van der Waals surface area contributed by atoms with E-state index >= 15 is 0 Å². The van der Waals surface area contributed by atoms with Crippen LogP contribution in [0.4, 0.5) is 0 Å². The number of rotatable bonds is 6. The molecule has 3 aliphatic rings. The molecule has 2 aliphatic carbocycles. The minimum absolute atomic E-state index is 0.134. The maximum Gasteiger partial charge on any atom is 0.347 e. The van der Waals surface area contributed by atoms with Gasteiger partial charge in [-0.05, 0) is 46.9 Å². The third-order valence-corrected chi connectivity index (χ3v) is 9.87. The van der Waals surface area contributed by atoms with Gasteiger partial charge in [0.1, 0.15) is 0 Å². The second-order valence-corrected chi connectivity index (χ2v) is 12.1. The number of hydrogen-bond donors (Lipinski definition) is 1. The molecule has 238 valence electrons. The lowest BCUT2D eigenvalue weighted by molar-refractivity contribution is -0.133. The average Bonchev–Trinajstić information content (AvgIpc) is 3.32. The Morgan fingerprint density at radius 1 is 0.894 bits per heavy atom. The fourth-order valence-electron chi connectivity index (χ4n) is 7.71. The number of phenols is 1. The van der Waals surface area contributed by atoms with E-state index in [2.05, 4.69) is 0 Å². The highest BCUT2D eigenvalue weighted by Crippen LogP contribution is 2.58. The van der Waals surface area contributed by atoms with Crippen molar-refractivity contribution in [2.24, 2.45) is 18.9 Å². The maximum absolute atomic E-state index is 14.9. The number of hydrogen-bond acceptors (Lipinski definition) is 7. The topological polar surface area (TPSA) is 122 Å². The summed E-state index contributed by atoms with van der Waals surface area (Å²) < 4.78 is 14.7. The van der Waals surface area contributed by atoms with E-state index in [0.29, 0.717) is 22.3 Å². The van der Waals surface area contributed by atoms with E-state index in [1.54, 1.807) is 12.1 Å². The molecule has 0 bridgehead atoms. The summed E-state index contributed by atoms with van der Waals surface area (Å²) in [5.41, 5.74) is 0.763. The van der Waals surface area contributed by atoms with E-state index in [9.17, 15) is 24.3 Å². The SMILES string of the molecule is COc1cc(C=C[C@H]2C3=CCn4c(=O)n(C)c(=O)n4[C@@H]3C[C@H]3C(=O)C(c4ccccc4)=CC(=O)[C@@]23c2ccccc2)cc(OC)c1O. The predicted octanol–water partition coefficient (Wildman–Crippen LogP) is 4.08. The molecule has 1 aromatic heterocycles. The number of benzene rings is 3. The van der Waals surface area contributed by atoms with Crippen LogP contribution < -0.4 is 20.9 Å². The Morgan fingerprint density at radius 3 is 2.17 bits per heavy atom. The summed E-state index contributed by atoms with van der Waals surface area (Å²) in [6, 6.07) is 21.1. The second kappa shape index (κ2) is 11.3. The van der Waals surface area contributed by atoms with Gasteiger partial charge in [-0.2, -0.15) is 0 Å². The van der Waals surface area contributed by atoms with Gasteiger partial charge in [-0.1, -0.05) is 78.9 Å². The number of carbonyl (C=O) groups is 2. The van der Waals surface area contributed by atoms with Crippen molar-refractivity contribution >= 4 is 23.2 Å². The Hall–Kier alpha value is -5.64. The lowest BCUT2D eigenvalue weighted by Crippen LogP contribution is -2.59. The van der Waals surface area contributed by atoms with E-state index in [-0.39, 0.29) is 41.8 Å². The summed E-state index contributed by atoms with van der Waals surface area (Å²) in [4.78, 5) is 56.3. The number of fused-ring (bicyclic) bond motifs is 4. The Morgan fingerprint density at radius 2 is 1.53 bits per heavy atom. The molecule has 0 spiro atoms. The van der Waals surface area contributed by atoms with Gasteiger partial charge in [0.05, 0.1) is 32.2 Å². The molecule has 0 saturated heterocycles. The molecular formula is C37H33N3O7. The molecule has 0 amide bonds. The van der Waals surface area contributed by atoms with Crippen LogP contribution in [0.15, 0.2) is 106 Å². The zero-order valence-corrected chi connectivity index (χ0v) is 26.1. The first-order chi connectivity index (χ1) is 22.7. The van der Waals surface area contributed by atoms with Crippen LogP contribution in [0.25, 0.3) is 11.6 Å². The number of ketones is 2. The summed E-state index contributed by atoms with van der Waals surface area (Å²) in [5, 5.41) is 10.5. The first kappa shape index (κ1) is 30.0. The summed E-state index contributed by atoms with van der Waals surface area (Å²) in [6.45, 7) is 0.134.